The predicted octanol–water partition coefficient (Wildman–Crippen LogP) is 2.11. The third-order valence-electron chi connectivity index (χ3n) is 5.23. The number of piperidine rings is 1. The summed E-state index contributed by atoms with van der Waals surface area (Å²) in [5, 5.41) is 1.99. The maximum atomic E-state index is 13.0. The highest BCUT2D eigenvalue weighted by atomic mass is 32.2. The molecule has 0 radical (unpaired) electrons. The van der Waals surface area contributed by atoms with Crippen molar-refractivity contribution in [2.75, 3.05) is 19.7 Å². The molecular weight excluding hydrogens is 324 g/mol. The van der Waals surface area contributed by atoms with Gasteiger partial charge in [0.2, 0.25) is 10.0 Å². The molecule has 4 rings (SSSR count). The topological polar surface area (TPSA) is 72.6 Å². The standard InChI is InChI=1S/C18H22N2O3S/c19-16-12-18(23-13-16)7-9-20(10-8-18)24(21,22)17-6-5-14-3-1-2-4-15(14)11-17/h1-6,11,16H,7-10,12-13,19H2/t16-/m1/s1. The molecule has 5 nitrogen and oxygen atoms in total. The van der Waals surface area contributed by atoms with Gasteiger partial charge in [0.05, 0.1) is 17.1 Å². The minimum atomic E-state index is -3.47. The number of ether oxygens (including phenoxy) is 1. The van der Waals surface area contributed by atoms with Crippen LogP contribution in [-0.4, -0.2) is 44.1 Å². The maximum absolute atomic E-state index is 13.0. The lowest BCUT2D eigenvalue weighted by Crippen LogP contribution is -2.46. The summed E-state index contributed by atoms with van der Waals surface area (Å²) in [5.74, 6) is 0. The SMILES string of the molecule is N[C@H]1COC2(CCN(S(=O)(=O)c3ccc4ccccc4c3)CC2)C1. The summed E-state index contributed by atoms with van der Waals surface area (Å²) in [7, 11) is -3.47. The van der Waals surface area contributed by atoms with Crippen LogP contribution in [0.5, 0.6) is 0 Å². The van der Waals surface area contributed by atoms with Crippen molar-refractivity contribution < 1.29 is 13.2 Å². The van der Waals surface area contributed by atoms with Crippen molar-refractivity contribution in [3.05, 3.63) is 42.5 Å². The fraction of sp³-hybridized carbons (Fsp3) is 0.444. The van der Waals surface area contributed by atoms with Gasteiger partial charge >= 0.3 is 0 Å². The Morgan fingerprint density at radius 2 is 1.79 bits per heavy atom. The van der Waals surface area contributed by atoms with E-state index in [1.807, 2.05) is 30.3 Å². The van der Waals surface area contributed by atoms with Gasteiger partial charge in [0.1, 0.15) is 0 Å². The molecule has 128 valence electrons. The summed E-state index contributed by atoms with van der Waals surface area (Å²) in [6, 6.07) is 13.2. The Kier molecular flexibility index (Phi) is 3.88. The van der Waals surface area contributed by atoms with Crippen LogP contribution in [0.1, 0.15) is 19.3 Å². The van der Waals surface area contributed by atoms with Crippen molar-refractivity contribution in [1.29, 1.82) is 0 Å². The Hall–Kier alpha value is -1.47. The Labute approximate surface area is 142 Å². The van der Waals surface area contributed by atoms with Crippen LogP contribution in [-0.2, 0) is 14.8 Å². The predicted molar refractivity (Wildman–Crippen MR) is 93.2 cm³/mol. The Morgan fingerprint density at radius 3 is 2.46 bits per heavy atom. The molecule has 0 saturated carbocycles. The summed E-state index contributed by atoms with van der Waals surface area (Å²) in [5.41, 5.74) is 5.73. The van der Waals surface area contributed by atoms with Crippen LogP contribution in [0.4, 0.5) is 0 Å². The molecule has 2 aliphatic rings. The van der Waals surface area contributed by atoms with Crippen molar-refractivity contribution in [3.63, 3.8) is 0 Å². The second-order valence-electron chi connectivity index (χ2n) is 6.87. The zero-order valence-corrected chi connectivity index (χ0v) is 14.3. The number of rotatable bonds is 2. The van der Waals surface area contributed by atoms with Crippen LogP contribution in [0.25, 0.3) is 10.8 Å². The smallest absolute Gasteiger partial charge is 0.243 e. The fourth-order valence-corrected chi connectivity index (χ4v) is 5.32. The first-order valence-corrected chi connectivity index (χ1v) is 9.81. The molecule has 24 heavy (non-hydrogen) atoms. The van der Waals surface area contributed by atoms with E-state index in [1.54, 1.807) is 16.4 Å². The van der Waals surface area contributed by atoms with Crippen molar-refractivity contribution in [3.8, 4) is 0 Å². The van der Waals surface area contributed by atoms with Gasteiger partial charge in [-0.2, -0.15) is 4.31 Å². The van der Waals surface area contributed by atoms with Crippen LogP contribution in [0.3, 0.4) is 0 Å². The van der Waals surface area contributed by atoms with Gasteiger partial charge in [0.25, 0.3) is 0 Å². The lowest BCUT2D eigenvalue weighted by molar-refractivity contribution is -0.0310. The Balaban J connectivity index is 1.56. The maximum Gasteiger partial charge on any atom is 0.243 e. The molecular formula is C18H22N2O3S. The summed E-state index contributed by atoms with van der Waals surface area (Å²) in [6.07, 6.45) is 2.26. The highest BCUT2D eigenvalue weighted by Crippen LogP contribution is 2.37. The first-order valence-electron chi connectivity index (χ1n) is 8.37. The summed E-state index contributed by atoms with van der Waals surface area (Å²) >= 11 is 0. The van der Waals surface area contributed by atoms with Gasteiger partial charge in [0, 0.05) is 19.1 Å². The molecule has 6 heteroatoms. The van der Waals surface area contributed by atoms with Gasteiger partial charge in [-0.1, -0.05) is 30.3 Å². The summed E-state index contributed by atoms with van der Waals surface area (Å²) in [4.78, 5) is 0.362. The number of benzene rings is 2. The molecule has 0 aromatic heterocycles. The van der Waals surface area contributed by atoms with Crippen LogP contribution in [0, 0.1) is 0 Å². The number of nitrogens with two attached hydrogens (primary N) is 1. The van der Waals surface area contributed by atoms with Crippen LogP contribution < -0.4 is 5.73 Å². The molecule has 0 unspecified atom stereocenters. The molecule has 2 aromatic carbocycles. The molecule has 2 heterocycles. The number of sulfonamides is 1. The van der Waals surface area contributed by atoms with Crippen molar-refractivity contribution >= 4 is 20.8 Å². The number of nitrogens with zero attached hydrogens (tertiary/aromatic N) is 1. The van der Waals surface area contributed by atoms with Gasteiger partial charge in [-0.25, -0.2) is 8.42 Å². The van der Waals surface area contributed by atoms with E-state index in [2.05, 4.69) is 0 Å². The molecule has 2 fully saturated rings. The van der Waals surface area contributed by atoms with E-state index >= 15 is 0 Å². The summed E-state index contributed by atoms with van der Waals surface area (Å²) < 4.78 is 33.4. The molecule has 0 bridgehead atoms. The molecule has 2 aromatic rings. The van der Waals surface area contributed by atoms with E-state index in [1.165, 1.54) is 0 Å². The monoisotopic (exact) mass is 346 g/mol. The van der Waals surface area contributed by atoms with Crippen molar-refractivity contribution in [1.82, 2.24) is 4.31 Å². The number of hydrogen-bond donors (Lipinski definition) is 1. The quantitative estimate of drug-likeness (QED) is 0.904. The van der Waals surface area contributed by atoms with Gasteiger partial charge in [0.15, 0.2) is 0 Å². The van der Waals surface area contributed by atoms with Crippen LogP contribution in [0.2, 0.25) is 0 Å². The lowest BCUT2D eigenvalue weighted by atomic mass is 9.88. The largest absolute Gasteiger partial charge is 0.373 e. The van der Waals surface area contributed by atoms with E-state index in [0.717, 1.165) is 17.2 Å². The van der Waals surface area contributed by atoms with Crippen LogP contribution >= 0.6 is 0 Å². The molecule has 2 N–H and O–H groups in total. The van der Waals surface area contributed by atoms with Crippen LogP contribution in [0.15, 0.2) is 47.4 Å². The molecule has 0 amide bonds. The van der Waals surface area contributed by atoms with Crippen molar-refractivity contribution in [2.45, 2.75) is 35.8 Å². The highest BCUT2D eigenvalue weighted by Gasteiger charge is 2.43. The Bertz CT molecular complexity index is 857. The minimum absolute atomic E-state index is 0.0774. The molecule has 0 aliphatic carbocycles. The molecule has 1 atom stereocenters. The number of hydrogen-bond acceptors (Lipinski definition) is 4. The zero-order valence-electron chi connectivity index (χ0n) is 13.5. The van der Waals surface area contributed by atoms with Gasteiger partial charge in [-0.05, 0) is 42.2 Å². The average Bonchev–Trinajstić information content (AvgIpc) is 2.95. The van der Waals surface area contributed by atoms with E-state index in [0.29, 0.717) is 37.4 Å². The molecule has 1 spiro atoms. The summed E-state index contributed by atoms with van der Waals surface area (Å²) in [6.45, 7) is 1.56. The van der Waals surface area contributed by atoms with E-state index in [-0.39, 0.29) is 11.6 Å². The lowest BCUT2D eigenvalue weighted by Gasteiger charge is -2.37. The minimum Gasteiger partial charge on any atom is -0.373 e. The third kappa shape index (κ3) is 2.73. The Morgan fingerprint density at radius 1 is 1.08 bits per heavy atom. The van der Waals surface area contributed by atoms with Gasteiger partial charge < -0.3 is 10.5 Å². The third-order valence-corrected chi connectivity index (χ3v) is 7.12. The number of fused-ring (bicyclic) bond motifs is 1. The van der Waals surface area contributed by atoms with Gasteiger partial charge in [-0.3, -0.25) is 0 Å². The van der Waals surface area contributed by atoms with E-state index in [4.69, 9.17) is 10.5 Å². The second-order valence-corrected chi connectivity index (χ2v) is 8.81. The first kappa shape index (κ1) is 16.0. The van der Waals surface area contributed by atoms with E-state index < -0.39 is 10.0 Å². The first-order chi connectivity index (χ1) is 11.5. The fourth-order valence-electron chi connectivity index (χ4n) is 3.84. The average molecular weight is 346 g/mol. The molecule has 2 saturated heterocycles. The zero-order chi connectivity index (χ0) is 16.8. The van der Waals surface area contributed by atoms with E-state index in [9.17, 15) is 8.42 Å². The second kappa shape index (κ2) is 5.81. The van der Waals surface area contributed by atoms with Gasteiger partial charge in [-0.15, -0.1) is 0 Å². The normalized spacial score (nSPS) is 24.6. The van der Waals surface area contributed by atoms with Crippen molar-refractivity contribution in [2.24, 2.45) is 5.73 Å². The molecule has 2 aliphatic heterocycles. The highest BCUT2D eigenvalue weighted by molar-refractivity contribution is 7.89.